The fourth-order valence-electron chi connectivity index (χ4n) is 8.27. The first-order valence-electron chi connectivity index (χ1n) is 28.5. The highest BCUT2D eigenvalue weighted by molar-refractivity contribution is 7.47. The number of carbonyl (C=O) groups excluding carboxylic acids is 1. The largest absolute Gasteiger partial charge is 0.472 e. The number of unbranched alkanes of at least 4 members (excludes halogenated alkanes) is 33. The van der Waals surface area contributed by atoms with Crippen molar-refractivity contribution in [1.29, 1.82) is 0 Å². The minimum Gasteiger partial charge on any atom is -0.387 e. The van der Waals surface area contributed by atoms with E-state index in [0.29, 0.717) is 17.4 Å². The quantitative estimate of drug-likeness (QED) is 0.0243. The Kier molecular flexibility index (Phi) is 48.3. The number of carbonyl (C=O) groups is 1. The molecule has 0 aliphatic rings. The number of aliphatic hydroxyl groups is 1. The predicted octanol–water partition coefficient (Wildman–Crippen LogP) is 17.2. The van der Waals surface area contributed by atoms with E-state index in [0.717, 1.165) is 64.2 Å². The molecule has 0 fully saturated rings. The van der Waals surface area contributed by atoms with Crippen LogP contribution in [0.4, 0.5) is 0 Å². The number of amides is 1. The summed E-state index contributed by atoms with van der Waals surface area (Å²) in [6.07, 6.45) is 65.1. The first-order chi connectivity index (χ1) is 32.5. The van der Waals surface area contributed by atoms with Crippen molar-refractivity contribution in [2.45, 2.75) is 276 Å². The maximum Gasteiger partial charge on any atom is 0.472 e. The molecule has 1 amide bonds. The molecular formula is C58H112N2O6P+. The van der Waals surface area contributed by atoms with Gasteiger partial charge in [-0.05, 0) is 64.2 Å². The molecule has 0 aliphatic carbocycles. The zero-order chi connectivity index (χ0) is 49.2. The van der Waals surface area contributed by atoms with Crippen molar-refractivity contribution in [3.8, 4) is 0 Å². The Hall–Kier alpha value is -1.54. The number of nitrogens with one attached hydrogen (secondary N) is 1. The van der Waals surface area contributed by atoms with E-state index < -0.39 is 20.0 Å². The molecule has 0 bridgehead atoms. The molecule has 3 N–H and O–H groups in total. The van der Waals surface area contributed by atoms with Crippen molar-refractivity contribution >= 4 is 13.7 Å². The third kappa shape index (κ3) is 52.1. The average molecular weight is 965 g/mol. The van der Waals surface area contributed by atoms with Gasteiger partial charge in [-0.15, -0.1) is 0 Å². The number of quaternary nitrogens is 1. The van der Waals surface area contributed by atoms with Gasteiger partial charge in [-0.1, -0.05) is 242 Å². The van der Waals surface area contributed by atoms with Gasteiger partial charge in [0.15, 0.2) is 0 Å². The number of phosphoric acid groups is 1. The molecule has 0 aromatic heterocycles. The normalized spacial score (nSPS) is 14.3. The van der Waals surface area contributed by atoms with E-state index in [-0.39, 0.29) is 19.1 Å². The fraction of sp³-hybridized carbons (Fsp3) is 0.845. The Labute approximate surface area is 416 Å². The molecule has 0 aliphatic heterocycles. The summed E-state index contributed by atoms with van der Waals surface area (Å²) in [5.41, 5.74) is 0. The van der Waals surface area contributed by atoms with E-state index in [1.54, 1.807) is 6.08 Å². The van der Waals surface area contributed by atoms with Crippen molar-refractivity contribution < 1.29 is 32.9 Å². The maximum atomic E-state index is 12.9. The number of hydrogen-bond donors (Lipinski definition) is 3. The average Bonchev–Trinajstić information content (AvgIpc) is 3.29. The lowest BCUT2D eigenvalue weighted by Gasteiger charge is -2.25. The summed E-state index contributed by atoms with van der Waals surface area (Å²) >= 11 is 0. The third-order valence-electron chi connectivity index (χ3n) is 12.8. The lowest BCUT2D eigenvalue weighted by atomic mass is 10.0. The van der Waals surface area contributed by atoms with E-state index >= 15 is 0 Å². The number of rotatable bonds is 52. The fourth-order valence-corrected chi connectivity index (χ4v) is 9.00. The number of allylic oxidation sites excluding steroid dienone is 7. The van der Waals surface area contributed by atoms with E-state index in [9.17, 15) is 19.4 Å². The predicted molar refractivity (Wildman–Crippen MR) is 291 cm³/mol. The van der Waals surface area contributed by atoms with Crippen LogP contribution < -0.4 is 5.32 Å². The smallest absolute Gasteiger partial charge is 0.387 e. The summed E-state index contributed by atoms with van der Waals surface area (Å²) in [6, 6.07) is -0.872. The Morgan fingerprint density at radius 3 is 1.31 bits per heavy atom. The second-order valence-corrected chi connectivity index (χ2v) is 22.1. The molecule has 0 radical (unpaired) electrons. The molecule has 0 aromatic rings. The first kappa shape index (κ1) is 65.5. The summed E-state index contributed by atoms with van der Waals surface area (Å²) in [5, 5.41) is 13.9. The third-order valence-corrected chi connectivity index (χ3v) is 13.8. The van der Waals surface area contributed by atoms with Crippen LogP contribution in [-0.2, 0) is 18.4 Å². The van der Waals surface area contributed by atoms with Gasteiger partial charge in [-0.2, -0.15) is 0 Å². The molecule has 0 spiro atoms. The van der Waals surface area contributed by atoms with Gasteiger partial charge in [0.2, 0.25) is 5.91 Å². The zero-order valence-electron chi connectivity index (χ0n) is 44.9. The van der Waals surface area contributed by atoms with Crippen LogP contribution in [0.25, 0.3) is 0 Å². The minimum absolute atomic E-state index is 0.0524. The molecule has 67 heavy (non-hydrogen) atoms. The Morgan fingerprint density at radius 1 is 0.507 bits per heavy atom. The minimum atomic E-state index is -4.36. The molecule has 3 unspecified atom stereocenters. The second kappa shape index (κ2) is 49.4. The van der Waals surface area contributed by atoms with E-state index in [1.807, 2.05) is 27.2 Å². The lowest BCUT2D eigenvalue weighted by Crippen LogP contribution is -2.45. The van der Waals surface area contributed by atoms with Crippen LogP contribution in [0.1, 0.15) is 264 Å². The van der Waals surface area contributed by atoms with E-state index in [2.05, 4.69) is 55.6 Å². The van der Waals surface area contributed by atoms with Gasteiger partial charge in [0.25, 0.3) is 0 Å². The summed E-state index contributed by atoms with van der Waals surface area (Å²) in [5.74, 6) is -0.200. The highest BCUT2D eigenvalue weighted by atomic mass is 31.2. The Balaban J connectivity index is 4.18. The summed E-state index contributed by atoms with van der Waals surface area (Å²) in [4.78, 5) is 23.2. The number of nitrogens with zero attached hydrogens (tertiary/aromatic N) is 1. The van der Waals surface area contributed by atoms with Crippen molar-refractivity contribution in [3.63, 3.8) is 0 Å². The van der Waals surface area contributed by atoms with Crippen LogP contribution >= 0.6 is 7.82 Å². The van der Waals surface area contributed by atoms with E-state index in [4.69, 9.17) is 9.05 Å². The summed E-state index contributed by atoms with van der Waals surface area (Å²) in [7, 11) is 1.55. The van der Waals surface area contributed by atoms with Gasteiger partial charge in [-0.3, -0.25) is 13.8 Å². The Morgan fingerprint density at radius 2 is 0.866 bits per heavy atom. The molecule has 394 valence electrons. The standard InChI is InChI=1S/C58H111N2O6P/c1-6-8-10-12-14-16-18-20-22-23-24-25-26-27-28-29-30-31-32-33-34-35-36-38-39-41-43-45-47-49-51-57(61)56(55-66-67(63,64)65-54-53-60(3,4)5)59-58(62)52-50-48-46-44-42-40-37-21-19-17-15-13-11-9-7-2/h15,17,21,37,41,43,49,51,56-57,61H,6-14,16,18-20,22-36,38-40,42,44-48,50,52-55H2,1-5H3,(H-,59,62,63,64)/p+1/b17-15-,37-21-,43-41+,51-49+. The Bertz CT molecular complexity index is 1230. The van der Waals surface area contributed by atoms with E-state index in [1.165, 1.54) is 180 Å². The highest BCUT2D eigenvalue weighted by Crippen LogP contribution is 2.43. The number of hydrogen-bond acceptors (Lipinski definition) is 5. The number of likely N-dealkylation sites (N-methyl/N-ethyl adjacent to an activating group) is 1. The van der Waals surface area contributed by atoms with Crippen molar-refractivity contribution in [3.05, 3.63) is 48.6 Å². The van der Waals surface area contributed by atoms with Crippen LogP contribution in [0.5, 0.6) is 0 Å². The molecule has 9 heteroatoms. The van der Waals surface area contributed by atoms with Gasteiger partial charge >= 0.3 is 7.82 Å². The molecule has 0 heterocycles. The van der Waals surface area contributed by atoms with Crippen molar-refractivity contribution in [2.24, 2.45) is 0 Å². The maximum absolute atomic E-state index is 12.9. The van der Waals surface area contributed by atoms with Gasteiger partial charge in [0.1, 0.15) is 13.2 Å². The molecule has 3 atom stereocenters. The van der Waals surface area contributed by atoms with Gasteiger partial charge in [-0.25, -0.2) is 4.57 Å². The van der Waals surface area contributed by atoms with Crippen LogP contribution in [0, 0.1) is 0 Å². The zero-order valence-corrected chi connectivity index (χ0v) is 45.8. The summed E-state index contributed by atoms with van der Waals surface area (Å²) in [6.45, 7) is 4.77. The lowest BCUT2D eigenvalue weighted by molar-refractivity contribution is -0.870. The van der Waals surface area contributed by atoms with Crippen LogP contribution in [0.3, 0.4) is 0 Å². The van der Waals surface area contributed by atoms with Crippen LogP contribution in [0.15, 0.2) is 48.6 Å². The number of aliphatic hydroxyl groups excluding tert-OH is 1. The van der Waals surface area contributed by atoms with Crippen LogP contribution in [0.2, 0.25) is 0 Å². The summed E-state index contributed by atoms with van der Waals surface area (Å²) < 4.78 is 23.6. The topological polar surface area (TPSA) is 105 Å². The first-order valence-corrected chi connectivity index (χ1v) is 30.0. The monoisotopic (exact) mass is 964 g/mol. The van der Waals surface area contributed by atoms with Crippen LogP contribution in [-0.4, -0.2) is 73.4 Å². The van der Waals surface area contributed by atoms with Gasteiger partial charge in [0, 0.05) is 6.42 Å². The van der Waals surface area contributed by atoms with Crippen molar-refractivity contribution in [1.82, 2.24) is 5.32 Å². The highest BCUT2D eigenvalue weighted by Gasteiger charge is 2.27. The molecule has 8 nitrogen and oxygen atoms in total. The molecule has 0 rings (SSSR count). The second-order valence-electron chi connectivity index (χ2n) is 20.7. The molecule has 0 saturated heterocycles. The van der Waals surface area contributed by atoms with Gasteiger partial charge < -0.3 is 19.8 Å². The molecule has 0 aromatic carbocycles. The SMILES string of the molecule is CCCCC/C=C\C/C=C\CCCCCCCC(=O)NC(COP(=O)(O)OCC[N+](C)(C)C)C(O)/C=C/CC/C=C/CCCCCCCCCCCCCCCCCCCCCCCCCC. The van der Waals surface area contributed by atoms with Crippen molar-refractivity contribution in [2.75, 3.05) is 40.9 Å². The molecular weight excluding hydrogens is 852 g/mol. The number of phosphoric ester groups is 1. The molecule has 0 saturated carbocycles. The van der Waals surface area contributed by atoms with Gasteiger partial charge in [0.05, 0.1) is 39.9 Å².